The second-order valence-electron chi connectivity index (χ2n) is 4.83. The van der Waals surface area contributed by atoms with Gasteiger partial charge in [-0.2, -0.15) is 4.31 Å². The number of sulfonamides is 1. The highest BCUT2D eigenvalue weighted by Crippen LogP contribution is 2.38. The van der Waals surface area contributed by atoms with Crippen LogP contribution < -0.4 is 0 Å². The summed E-state index contributed by atoms with van der Waals surface area (Å²) >= 11 is 15.3. The highest BCUT2D eigenvalue weighted by molar-refractivity contribution is 9.10. The molecule has 1 aliphatic heterocycles. The SMILES string of the molecule is CC1CCN(S(=O)(=O)c2c(Cl)cc(Br)cc2Cl)C1CO. The maximum atomic E-state index is 12.7. The van der Waals surface area contributed by atoms with E-state index in [1.54, 1.807) is 0 Å². The van der Waals surface area contributed by atoms with Gasteiger partial charge in [0.05, 0.1) is 22.7 Å². The van der Waals surface area contributed by atoms with Crippen LogP contribution in [0.5, 0.6) is 0 Å². The average molecular weight is 403 g/mol. The van der Waals surface area contributed by atoms with Gasteiger partial charge in [-0.15, -0.1) is 0 Å². The second-order valence-corrected chi connectivity index (χ2v) is 8.39. The number of benzene rings is 1. The molecule has 20 heavy (non-hydrogen) atoms. The molecule has 1 aromatic carbocycles. The van der Waals surface area contributed by atoms with Crippen LogP contribution in [-0.4, -0.2) is 37.0 Å². The van der Waals surface area contributed by atoms with E-state index in [0.717, 1.165) is 0 Å². The van der Waals surface area contributed by atoms with Crippen LogP contribution in [0.4, 0.5) is 0 Å². The predicted octanol–water partition coefficient (Wildman–Crippen LogP) is 3.15. The van der Waals surface area contributed by atoms with E-state index in [1.165, 1.54) is 16.4 Å². The molecule has 0 saturated carbocycles. The fraction of sp³-hybridized carbons (Fsp3) is 0.500. The first-order valence-electron chi connectivity index (χ1n) is 6.06. The highest BCUT2D eigenvalue weighted by atomic mass is 79.9. The summed E-state index contributed by atoms with van der Waals surface area (Å²) in [6, 6.07) is 2.55. The number of nitrogens with zero attached hydrogens (tertiary/aromatic N) is 1. The highest BCUT2D eigenvalue weighted by Gasteiger charge is 2.40. The van der Waals surface area contributed by atoms with Crippen molar-refractivity contribution in [2.75, 3.05) is 13.2 Å². The maximum absolute atomic E-state index is 12.7. The van der Waals surface area contributed by atoms with Crippen LogP contribution in [0.25, 0.3) is 0 Å². The van der Waals surface area contributed by atoms with E-state index in [4.69, 9.17) is 23.2 Å². The molecule has 1 aromatic rings. The number of aliphatic hydroxyl groups excluding tert-OH is 1. The van der Waals surface area contributed by atoms with E-state index >= 15 is 0 Å². The molecule has 2 atom stereocenters. The normalized spacial score (nSPS) is 24.2. The Kier molecular flexibility index (Phi) is 5.04. The quantitative estimate of drug-likeness (QED) is 0.844. The Morgan fingerprint density at radius 2 is 1.95 bits per heavy atom. The molecule has 8 heteroatoms. The van der Waals surface area contributed by atoms with Gasteiger partial charge in [0, 0.05) is 11.0 Å². The van der Waals surface area contributed by atoms with Crippen LogP contribution in [0.1, 0.15) is 13.3 Å². The molecular formula is C12H14BrCl2NO3S. The van der Waals surface area contributed by atoms with Crippen molar-refractivity contribution in [1.29, 1.82) is 0 Å². The molecule has 0 bridgehead atoms. The summed E-state index contributed by atoms with van der Waals surface area (Å²) in [4.78, 5) is -0.100. The standard InChI is InChI=1S/C12H14BrCl2NO3S/c1-7-2-3-16(11(7)6-17)20(18,19)12-9(14)4-8(13)5-10(12)15/h4-5,7,11,17H,2-3,6H2,1H3. The zero-order valence-electron chi connectivity index (χ0n) is 10.7. The van der Waals surface area contributed by atoms with Crippen LogP contribution >= 0.6 is 39.1 Å². The van der Waals surface area contributed by atoms with Crippen molar-refractivity contribution in [1.82, 2.24) is 4.31 Å². The minimum atomic E-state index is -3.82. The molecular weight excluding hydrogens is 389 g/mol. The van der Waals surface area contributed by atoms with Crippen molar-refractivity contribution in [3.05, 3.63) is 26.7 Å². The minimum Gasteiger partial charge on any atom is -0.395 e. The lowest BCUT2D eigenvalue weighted by molar-refractivity contribution is 0.191. The van der Waals surface area contributed by atoms with Gasteiger partial charge in [-0.05, 0) is 24.5 Å². The van der Waals surface area contributed by atoms with Gasteiger partial charge in [0.25, 0.3) is 0 Å². The lowest BCUT2D eigenvalue weighted by Gasteiger charge is -2.25. The topological polar surface area (TPSA) is 57.6 Å². The zero-order valence-corrected chi connectivity index (χ0v) is 14.6. The summed E-state index contributed by atoms with van der Waals surface area (Å²) in [5, 5.41) is 9.56. The molecule has 2 rings (SSSR count). The lowest BCUT2D eigenvalue weighted by Crippen LogP contribution is -2.40. The molecule has 1 saturated heterocycles. The third-order valence-corrected chi connectivity index (χ3v) is 6.85. The molecule has 4 nitrogen and oxygen atoms in total. The zero-order chi connectivity index (χ0) is 15.1. The fourth-order valence-corrected chi connectivity index (χ4v) is 6.05. The van der Waals surface area contributed by atoms with E-state index in [2.05, 4.69) is 15.9 Å². The number of rotatable bonds is 3. The van der Waals surface area contributed by atoms with Gasteiger partial charge in [-0.3, -0.25) is 0 Å². The molecule has 2 unspecified atom stereocenters. The van der Waals surface area contributed by atoms with E-state index in [1.807, 2.05) is 6.92 Å². The summed E-state index contributed by atoms with van der Waals surface area (Å²) in [7, 11) is -3.82. The smallest absolute Gasteiger partial charge is 0.246 e. The van der Waals surface area contributed by atoms with E-state index < -0.39 is 16.1 Å². The molecule has 1 aliphatic rings. The van der Waals surface area contributed by atoms with Gasteiger partial charge in [0.15, 0.2) is 0 Å². The second kappa shape index (κ2) is 6.10. The van der Waals surface area contributed by atoms with E-state index in [0.29, 0.717) is 17.4 Å². The Labute approximate surface area is 136 Å². The summed E-state index contributed by atoms with van der Waals surface area (Å²) in [6.45, 7) is 2.06. The van der Waals surface area contributed by atoms with Crippen molar-refractivity contribution in [3.63, 3.8) is 0 Å². The van der Waals surface area contributed by atoms with Crippen molar-refractivity contribution in [2.45, 2.75) is 24.3 Å². The van der Waals surface area contributed by atoms with Crippen LogP contribution in [0.2, 0.25) is 10.0 Å². The van der Waals surface area contributed by atoms with Crippen LogP contribution in [0.3, 0.4) is 0 Å². The minimum absolute atomic E-state index is 0.0700. The summed E-state index contributed by atoms with van der Waals surface area (Å²) in [5.74, 6) is 0.0998. The molecule has 1 heterocycles. The predicted molar refractivity (Wildman–Crippen MR) is 82.7 cm³/mol. The van der Waals surface area contributed by atoms with Crippen LogP contribution in [0.15, 0.2) is 21.5 Å². The molecule has 0 spiro atoms. The van der Waals surface area contributed by atoms with Crippen LogP contribution in [0, 0.1) is 5.92 Å². The summed E-state index contributed by atoms with van der Waals surface area (Å²) < 4.78 is 27.4. The molecule has 0 radical (unpaired) electrons. The molecule has 1 fully saturated rings. The number of halogens is 3. The van der Waals surface area contributed by atoms with Gasteiger partial charge in [-0.25, -0.2) is 8.42 Å². The Bertz CT molecular complexity index is 600. The van der Waals surface area contributed by atoms with Crippen molar-refractivity contribution in [2.24, 2.45) is 5.92 Å². The van der Waals surface area contributed by atoms with Crippen LogP contribution in [-0.2, 0) is 10.0 Å². The first kappa shape index (κ1) is 16.5. The van der Waals surface area contributed by atoms with E-state index in [9.17, 15) is 13.5 Å². The number of hydrogen-bond acceptors (Lipinski definition) is 3. The maximum Gasteiger partial charge on any atom is 0.246 e. The summed E-state index contributed by atoms with van der Waals surface area (Å²) in [6.07, 6.45) is 0.705. The van der Waals surface area contributed by atoms with Gasteiger partial charge < -0.3 is 5.11 Å². The largest absolute Gasteiger partial charge is 0.395 e. The molecule has 0 aliphatic carbocycles. The van der Waals surface area contributed by atoms with Gasteiger partial charge in [-0.1, -0.05) is 46.1 Å². The Morgan fingerprint density at radius 3 is 2.45 bits per heavy atom. The van der Waals surface area contributed by atoms with Gasteiger partial charge in [0.1, 0.15) is 4.90 Å². The van der Waals surface area contributed by atoms with Crippen molar-refractivity contribution >= 4 is 49.2 Å². The third kappa shape index (κ3) is 2.87. The summed E-state index contributed by atoms with van der Waals surface area (Å²) in [5.41, 5.74) is 0. The Morgan fingerprint density at radius 1 is 1.40 bits per heavy atom. The molecule has 1 N–H and O–H groups in total. The fourth-order valence-electron chi connectivity index (χ4n) is 2.44. The molecule has 0 amide bonds. The average Bonchev–Trinajstić information content (AvgIpc) is 2.69. The Balaban J connectivity index is 2.51. The molecule has 112 valence electrons. The Hall–Kier alpha value is 0.150. The third-order valence-electron chi connectivity index (χ3n) is 3.55. The van der Waals surface area contributed by atoms with Crippen molar-refractivity contribution < 1.29 is 13.5 Å². The van der Waals surface area contributed by atoms with E-state index in [-0.39, 0.29) is 27.5 Å². The van der Waals surface area contributed by atoms with Gasteiger partial charge >= 0.3 is 0 Å². The number of aliphatic hydroxyl groups is 1. The first-order valence-corrected chi connectivity index (χ1v) is 9.05. The first-order chi connectivity index (χ1) is 9.28. The lowest BCUT2D eigenvalue weighted by atomic mass is 10.0. The van der Waals surface area contributed by atoms with Crippen molar-refractivity contribution in [3.8, 4) is 0 Å². The number of hydrogen-bond donors (Lipinski definition) is 1. The van der Waals surface area contributed by atoms with Gasteiger partial charge in [0.2, 0.25) is 10.0 Å². The monoisotopic (exact) mass is 401 g/mol. The molecule has 0 aromatic heterocycles.